The third-order valence-electron chi connectivity index (χ3n) is 17.3. The van der Waals surface area contributed by atoms with Gasteiger partial charge in [0.05, 0.1) is 17.8 Å². The third-order valence-corrected chi connectivity index (χ3v) is 18.5. The molecule has 13 rings (SSSR count). The smallest absolute Gasteiger partial charge is 0.157 e. The first kappa shape index (κ1) is 53.0. The molecule has 1 aromatic heterocycles. The lowest BCUT2D eigenvalue weighted by Crippen LogP contribution is -2.49. The Bertz CT molecular complexity index is 4230. The number of halogens is 2. The lowest BCUT2D eigenvalue weighted by Gasteiger charge is -2.45. The Morgan fingerprint density at radius 3 is 1.80 bits per heavy atom. The molecule has 10 aromatic rings. The van der Waals surface area contributed by atoms with Crippen molar-refractivity contribution in [3.63, 3.8) is 0 Å². The summed E-state index contributed by atoms with van der Waals surface area (Å²) in [4.78, 5) is 4.56. The normalized spacial score (nSPS) is 18.2. The molecule has 0 saturated heterocycles. The number of thiophene rings is 1. The summed E-state index contributed by atoms with van der Waals surface area (Å²) in [6, 6.07) is 68.4. The summed E-state index contributed by atoms with van der Waals surface area (Å²) in [5.41, 5.74) is 13.6. The van der Waals surface area contributed by atoms with Gasteiger partial charge in [-0.15, -0.1) is 11.3 Å². The van der Waals surface area contributed by atoms with E-state index in [0.29, 0.717) is 23.2 Å². The first-order valence-corrected chi connectivity index (χ1v) is 29.8. The van der Waals surface area contributed by atoms with Gasteiger partial charge >= 0.3 is 0 Å². The molecule has 3 unspecified atom stereocenters. The maximum Gasteiger partial charge on any atom is 0.157 e. The molecule has 0 N–H and O–H groups in total. The van der Waals surface area contributed by atoms with Crippen LogP contribution in [0.15, 0.2) is 242 Å². The Balaban J connectivity index is 0.990. The average molecular weight is 1090 g/mol. The second-order valence-electron chi connectivity index (χ2n) is 24.7. The van der Waals surface area contributed by atoms with Gasteiger partial charge < -0.3 is 9.80 Å². The van der Waals surface area contributed by atoms with Crippen molar-refractivity contribution >= 4 is 76.6 Å². The van der Waals surface area contributed by atoms with Crippen LogP contribution >= 0.6 is 11.3 Å². The van der Waals surface area contributed by atoms with Crippen LogP contribution in [0.1, 0.15) is 89.1 Å². The van der Waals surface area contributed by atoms with Crippen LogP contribution in [0, 0.1) is 11.2 Å². The predicted molar refractivity (Wildman–Crippen MR) is 347 cm³/mol. The summed E-state index contributed by atoms with van der Waals surface area (Å²) in [7, 11) is 0. The topological polar surface area (TPSA) is 6.48 Å². The van der Waals surface area contributed by atoms with Crippen LogP contribution in [0.2, 0.25) is 0 Å². The van der Waals surface area contributed by atoms with Crippen molar-refractivity contribution in [3.05, 3.63) is 275 Å². The van der Waals surface area contributed by atoms with Crippen molar-refractivity contribution in [3.8, 4) is 22.3 Å². The molecule has 0 saturated carbocycles. The quantitative estimate of drug-likeness (QED) is 0.135. The van der Waals surface area contributed by atoms with E-state index < -0.39 is 11.7 Å². The van der Waals surface area contributed by atoms with Crippen molar-refractivity contribution < 1.29 is 8.78 Å². The maximum atomic E-state index is 18.8. The first-order chi connectivity index (χ1) is 39.6. The minimum absolute atomic E-state index is 0.0228. The molecule has 0 bridgehead atoms. The van der Waals surface area contributed by atoms with Gasteiger partial charge in [0.15, 0.2) is 11.5 Å². The van der Waals surface area contributed by atoms with Crippen LogP contribution in [0.25, 0.3) is 70.4 Å². The fourth-order valence-corrected chi connectivity index (χ4v) is 14.2. The van der Waals surface area contributed by atoms with E-state index in [2.05, 4.69) is 197 Å². The van der Waals surface area contributed by atoms with Crippen LogP contribution in [-0.2, 0) is 11.8 Å². The minimum atomic E-state index is -1.79. The Morgan fingerprint density at radius 2 is 1.17 bits per heavy atom. The largest absolute Gasteiger partial charge is 0.335 e. The fourth-order valence-electron chi connectivity index (χ4n) is 12.9. The molecule has 3 aliphatic carbocycles. The summed E-state index contributed by atoms with van der Waals surface area (Å²) in [5, 5.41) is 4.79. The number of fused-ring (bicyclic) bond motifs is 8. The second kappa shape index (κ2) is 20.9. The lowest BCUT2D eigenvalue weighted by molar-refractivity contribution is 0.241. The number of nitrogens with zero attached hydrogens (tertiary/aromatic N) is 2. The van der Waals surface area contributed by atoms with Crippen LogP contribution < -0.4 is 9.80 Å². The first-order valence-electron chi connectivity index (χ1n) is 29.0. The van der Waals surface area contributed by atoms with E-state index in [1.165, 1.54) is 48.5 Å². The molecular weight excluding hydrogens is 1020 g/mol. The molecule has 1 heterocycles. The van der Waals surface area contributed by atoms with Crippen LogP contribution in [-0.4, -0.2) is 17.8 Å². The highest BCUT2D eigenvalue weighted by atomic mass is 32.1. The predicted octanol–water partition coefficient (Wildman–Crippen LogP) is 21.5. The van der Waals surface area contributed by atoms with E-state index in [1.807, 2.05) is 102 Å². The number of alkyl halides is 1. The van der Waals surface area contributed by atoms with E-state index in [-0.39, 0.29) is 22.7 Å². The van der Waals surface area contributed by atoms with Crippen LogP contribution in [0.5, 0.6) is 0 Å². The summed E-state index contributed by atoms with van der Waals surface area (Å²) in [6.45, 7) is 15.2. The van der Waals surface area contributed by atoms with Gasteiger partial charge in [0.25, 0.3) is 0 Å². The van der Waals surface area contributed by atoms with Crippen LogP contribution in [0.4, 0.5) is 25.8 Å². The molecule has 2 nitrogen and oxygen atoms in total. The lowest BCUT2D eigenvalue weighted by atomic mass is 9.77. The number of benzene rings is 9. The zero-order valence-corrected chi connectivity index (χ0v) is 48.7. The molecule has 5 heteroatoms. The van der Waals surface area contributed by atoms with Gasteiger partial charge in [-0.2, -0.15) is 0 Å². The molecule has 0 radical (unpaired) electrons. The van der Waals surface area contributed by atoms with Crippen molar-refractivity contribution in [2.24, 2.45) is 5.41 Å². The van der Waals surface area contributed by atoms with E-state index in [4.69, 9.17) is 0 Å². The molecule has 0 fully saturated rings. The van der Waals surface area contributed by atoms with Gasteiger partial charge in [-0.1, -0.05) is 230 Å². The number of anilines is 3. The number of hydrogen-bond donors (Lipinski definition) is 0. The minimum Gasteiger partial charge on any atom is -0.335 e. The van der Waals surface area contributed by atoms with Crippen molar-refractivity contribution in [1.82, 2.24) is 0 Å². The number of rotatable bonds is 10. The molecule has 0 spiro atoms. The number of hydrogen-bond acceptors (Lipinski definition) is 3. The number of allylic oxidation sites excluding steroid dienone is 5. The SMILES string of the molecule is CC(C)(C)C1=CCC(N(c2ccc3c(c2)sc2c4c(c5ccccc5c23)C=C(N(c2ccc(C(C)(C)C)cc2)C2C=C(c3ccccc3)C=C(c3ccccc3)C2(C)F)CC4)c2cc(-c3ccccc3)cc(-c3ccccc3)c2F)C=C1. The van der Waals surface area contributed by atoms with E-state index in [1.54, 1.807) is 6.92 Å². The summed E-state index contributed by atoms with van der Waals surface area (Å²) < 4.78 is 39.2. The molecule has 406 valence electrons. The summed E-state index contributed by atoms with van der Waals surface area (Å²) in [6.07, 6.45) is 15.7. The van der Waals surface area contributed by atoms with Crippen molar-refractivity contribution in [1.29, 1.82) is 0 Å². The molecule has 0 aliphatic heterocycles. The van der Waals surface area contributed by atoms with Gasteiger partial charge in [-0.25, -0.2) is 8.78 Å². The third kappa shape index (κ3) is 9.63. The Morgan fingerprint density at radius 1 is 0.561 bits per heavy atom. The van der Waals surface area contributed by atoms with E-state index in [0.717, 1.165) is 68.0 Å². The molecular formula is C77H68F2N2S. The Kier molecular flexibility index (Phi) is 13.5. The van der Waals surface area contributed by atoms with Crippen molar-refractivity contribution in [2.75, 3.05) is 9.80 Å². The highest BCUT2D eigenvalue weighted by Gasteiger charge is 2.45. The van der Waals surface area contributed by atoms with Gasteiger partial charge in [0, 0.05) is 42.8 Å². The maximum absolute atomic E-state index is 18.8. The van der Waals surface area contributed by atoms with E-state index in [9.17, 15) is 0 Å². The van der Waals surface area contributed by atoms with Gasteiger partial charge in [-0.3, -0.25) is 0 Å². The summed E-state index contributed by atoms with van der Waals surface area (Å²) >= 11 is 1.84. The molecule has 3 atom stereocenters. The monoisotopic (exact) mass is 1090 g/mol. The molecule has 0 amide bonds. The highest BCUT2D eigenvalue weighted by Crippen LogP contribution is 2.51. The van der Waals surface area contributed by atoms with E-state index >= 15 is 8.78 Å². The number of aryl methyl sites for hydroxylation is 1. The fraction of sp³-hybridized carbons (Fsp3) is 0.195. The molecule has 82 heavy (non-hydrogen) atoms. The van der Waals surface area contributed by atoms with Gasteiger partial charge in [0.1, 0.15) is 0 Å². The van der Waals surface area contributed by atoms with Gasteiger partial charge in [-0.05, 0) is 158 Å². The van der Waals surface area contributed by atoms with Crippen molar-refractivity contribution in [2.45, 2.75) is 90.9 Å². The average Bonchev–Trinajstić information content (AvgIpc) is 4.11. The molecule has 9 aromatic carbocycles. The summed E-state index contributed by atoms with van der Waals surface area (Å²) in [5.74, 6) is -0.247. The highest BCUT2D eigenvalue weighted by molar-refractivity contribution is 7.26. The second-order valence-corrected chi connectivity index (χ2v) is 25.7. The Labute approximate surface area is 486 Å². The zero-order valence-electron chi connectivity index (χ0n) is 47.9. The Hall–Kier alpha value is -8.38. The standard InChI is InChI=1S/C77H68F2N2S/c1-75(2,3)56-32-36-58(37-33-56)80(69-46-54(50-22-12-8-13-23-50)44-66(73(69)78)52-26-16-10-17-27-52)61-41-43-65-70(49-61)82-74-64-42-40-60(48-67(64)62-30-20-21-31-63(62)72(65)74)81(59-38-34-57(35-39-59)76(4,5)6)71-47-55(51-24-14-9-15-25-51)45-68(77(71,7)79)53-28-18-11-19-29-53/h8-36,38-39,41,43-49,58,71H,37,40,42H2,1-7H3. The van der Waals surface area contributed by atoms with Gasteiger partial charge in [0.2, 0.25) is 0 Å². The zero-order chi connectivity index (χ0) is 56.5. The molecule has 3 aliphatic rings. The van der Waals surface area contributed by atoms with Crippen LogP contribution in [0.3, 0.4) is 0 Å².